The van der Waals surface area contributed by atoms with Gasteiger partial charge in [-0.15, -0.1) is 0 Å². The zero-order chi connectivity index (χ0) is 11.2. The third-order valence-electron chi connectivity index (χ3n) is 2.21. The molecule has 0 bridgehead atoms. The molecule has 0 saturated heterocycles. The fraction of sp³-hybridized carbons (Fsp3) is 0.273. The lowest BCUT2D eigenvalue weighted by molar-refractivity contribution is 0.390. The van der Waals surface area contributed by atoms with Crippen LogP contribution in [0.25, 0.3) is 0 Å². The van der Waals surface area contributed by atoms with Crippen molar-refractivity contribution < 1.29 is 4.74 Å². The molecule has 2 rings (SSSR count). The molecule has 2 heterocycles. The number of methoxy groups -OCH3 is 1. The van der Waals surface area contributed by atoms with Crippen molar-refractivity contribution in [3.8, 4) is 5.88 Å². The van der Waals surface area contributed by atoms with Crippen LogP contribution in [0, 0.1) is 0 Å². The van der Waals surface area contributed by atoms with Crippen LogP contribution in [0.15, 0.2) is 30.7 Å². The lowest BCUT2D eigenvalue weighted by Crippen LogP contribution is -2.14. The van der Waals surface area contributed by atoms with Crippen molar-refractivity contribution in [2.45, 2.75) is 13.1 Å². The topological polar surface area (TPSA) is 62.8 Å². The van der Waals surface area contributed by atoms with Gasteiger partial charge in [-0.25, -0.2) is 9.97 Å². The number of rotatable bonds is 5. The second-order valence-corrected chi connectivity index (χ2v) is 3.31. The van der Waals surface area contributed by atoms with E-state index in [1.54, 1.807) is 19.5 Å². The molecule has 0 amide bonds. The molecule has 0 radical (unpaired) electrons. The van der Waals surface area contributed by atoms with Crippen LogP contribution in [0.1, 0.15) is 11.4 Å². The zero-order valence-electron chi connectivity index (χ0n) is 9.10. The first kappa shape index (κ1) is 10.6. The molecule has 5 heteroatoms. The molecular formula is C11H14N4O. The van der Waals surface area contributed by atoms with E-state index >= 15 is 0 Å². The maximum atomic E-state index is 5.16. The number of nitrogens with zero attached hydrogens (tertiary/aromatic N) is 2. The zero-order valence-corrected chi connectivity index (χ0v) is 9.10. The van der Waals surface area contributed by atoms with Gasteiger partial charge in [0.25, 0.3) is 0 Å². The molecule has 2 aromatic rings. The van der Waals surface area contributed by atoms with Gasteiger partial charge in [0.15, 0.2) is 0 Å². The van der Waals surface area contributed by atoms with E-state index in [2.05, 4.69) is 20.3 Å². The number of pyridine rings is 1. The van der Waals surface area contributed by atoms with Gasteiger partial charge in [0.2, 0.25) is 5.88 Å². The predicted octanol–water partition coefficient (Wildman–Crippen LogP) is 1.10. The quantitative estimate of drug-likeness (QED) is 0.789. The van der Waals surface area contributed by atoms with Gasteiger partial charge in [-0.3, -0.25) is 0 Å². The normalized spacial score (nSPS) is 10.3. The number of aromatic nitrogens is 3. The van der Waals surface area contributed by atoms with Crippen molar-refractivity contribution >= 4 is 0 Å². The Balaban J connectivity index is 1.89. The lowest BCUT2D eigenvalue weighted by Gasteiger charge is -2.07. The summed E-state index contributed by atoms with van der Waals surface area (Å²) in [5, 5.41) is 3.27. The fourth-order valence-corrected chi connectivity index (χ4v) is 1.45. The van der Waals surface area contributed by atoms with Crippen LogP contribution in [-0.2, 0) is 13.1 Å². The highest BCUT2D eigenvalue weighted by Gasteiger charge is 2.02. The van der Waals surface area contributed by atoms with E-state index in [0.717, 1.165) is 11.4 Å². The first-order valence-electron chi connectivity index (χ1n) is 5.07. The summed E-state index contributed by atoms with van der Waals surface area (Å²) in [6, 6.07) is 3.88. The molecule has 16 heavy (non-hydrogen) atoms. The lowest BCUT2D eigenvalue weighted by atomic mass is 10.2. The van der Waals surface area contributed by atoms with Crippen LogP contribution in [0.4, 0.5) is 0 Å². The summed E-state index contributed by atoms with van der Waals surface area (Å²) >= 11 is 0. The van der Waals surface area contributed by atoms with Gasteiger partial charge < -0.3 is 15.0 Å². The number of hydrogen-bond acceptors (Lipinski definition) is 4. The summed E-state index contributed by atoms with van der Waals surface area (Å²) < 4.78 is 5.16. The molecule has 0 aromatic carbocycles. The van der Waals surface area contributed by atoms with E-state index in [1.807, 2.05) is 18.3 Å². The molecule has 0 aliphatic rings. The van der Waals surface area contributed by atoms with Crippen molar-refractivity contribution in [1.82, 2.24) is 20.3 Å². The first-order valence-corrected chi connectivity index (χ1v) is 5.07. The monoisotopic (exact) mass is 218 g/mol. The number of H-pyrrole nitrogens is 1. The number of imidazole rings is 1. The standard InChI is InChI=1S/C11H14N4O/c1-16-11-9(3-2-4-15-11)7-12-8-10-13-5-6-14-10/h2-6,12H,7-8H2,1H3,(H,13,14). The molecule has 2 aromatic heterocycles. The molecule has 0 atom stereocenters. The van der Waals surface area contributed by atoms with Crippen LogP contribution < -0.4 is 10.1 Å². The van der Waals surface area contributed by atoms with Gasteiger partial charge in [-0.2, -0.15) is 0 Å². The Kier molecular flexibility index (Phi) is 3.50. The van der Waals surface area contributed by atoms with Crippen molar-refractivity contribution in [2.75, 3.05) is 7.11 Å². The van der Waals surface area contributed by atoms with Crippen LogP contribution >= 0.6 is 0 Å². The molecule has 0 saturated carbocycles. The molecule has 0 unspecified atom stereocenters. The molecule has 0 spiro atoms. The van der Waals surface area contributed by atoms with Crippen molar-refractivity contribution in [3.63, 3.8) is 0 Å². The molecule has 84 valence electrons. The van der Waals surface area contributed by atoms with Crippen molar-refractivity contribution in [3.05, 3.63) is 42.1 Å². The van der Waals surface area contributed by atoms with Gasteiger partial charge in [0.1, 0.15) is 5.82 Å². The Bertz CT molecular complexity index is 427. The number of nitrogens with one attached hydrogen (secondary N) is 2. The molecular weight excluding hydrogens is 204 g/mol. The summed E-state index contributed by atoms with van der Waals surface area (Å²) in [4.78, 5) is 11.3. The number of aromatic amines is 1. The fourth-order valence-electron chi connectivity index (χ4n) is 1.45. The Hall–Kier alpha value is -1.88. The third kappa shape index (κ3) is 2.58. The van der Waals surface area contributed by atoms with Gasteiger partial charge in [0.05, 0.1) is 13.7 Å². The Morgan fingerprint density at radius 1 is 1.31 bits per heavy atom. The molecule has 5 nitrogen and oxygen atoms in total. The van der Waals surface area contributed by atoms with Crippen molar-refractivity contribution in [1.29, 1.82) is 0 Å². The Labute approximate surface area is 93.9 Å². The largest absolute Gasteiger partial charge is 0.481 e. The summed E-state index contributed by atoms with van der Waals surface area (Å²) in [6.45, 7) is 1.41. The highest BCUT2D eigenvalue weighted by Crippen LogP contribution is 2.12. The van der Waals surface area contributed by atoms with E-state index in [1.165, 1.54) is 0 Å². The molecule has 0 aliphatic carbocycles. The molecule has 2 N–H and O–H groups in total. The van der Waals surface area contributed by atoms with E-state index < -0.39 is 0 Å². The average molecular weight is 218 g/mol. The third-order valence-corrected chi connectivity index (χ3v) is 2.21. The summed E-state index contributed by atoms with van der Waals surface area (Å²) in [5.74, 6) is 1.58. The maximum Gasteiger partial charge on any atom is 0.217 e. The van der Waals surface area contributed by atoms with Crippen LogP contribution in [-0.4, -0.2) is 22.1 Å². The van der Waals surface area contributed by atoms with Crippen molar-refractivity contribution in [2.24, 2.45) is 0 Å². The number of ether oxygens (including phenoxy) is 1. The highest BCUT2D eigenvalue weighted by atomic mass is 16.5. The SMILES string of the molecule is COc1ncccc1CNCc1ncc[nH]1. The average Bonchev–Trinajstić information content (AvgIpc) is 2.83. The minimum Gasteiger partial charge on any atom is -0.481 e. The summed E-state index contributed by atoms with van der Waals surface area (Å²) in [6.07, 6.45) is 5.26. The van der Waals surface area contributed by atoms with E-state index in [0.29, 0.717) is 19.0 Å². The van der Waals surface area contributed by atoms with Gasteiger partial charge >= 0.3 is 0 Å². The molecule has 0 aliphatic heterocycles. The van der Waals surface area contributed by atoms with Crippen LogP contribution in [0.2, 0.25) is 0 Å². The Morgan fingerprint density at radius 2 is 2.25 bits per heavy atom. The number of hydrogen-bond donors (Lipinski definition) is 2. The molecule has 0 fully saturated rings. The van der Waals surface area contributed by atoms with E-state index in [9.17, 15) is 0 Å². The van der Waals surface area contributed by atoms with Gasteiger partial charge in [-0.05, 0) is 6.07 Å². The maximum absolute atomic E-state index is 5.16. The Morgan fingerprint density at radius 3 is 3.00 bits per heavy atom. The second-order valence-electron chi connectivity index (χ2n) is 3.31. The minimum atomic E-state index is 0.662. The van der Waals surface area contributed by atoms with Crippen LogP contribution in [0.5, 0.6) is 5.88 Å². The smallest absolute Gasteiger partial charge is 0.217 e. The first-order chi connectivity index (χ1) is 7.90. The van der Waals surface area contributed by atoms with Crippen LogP contribution in [0.3, 0.4) is 0 Å². The summed E-state index contributed by atoms with van der Waals surface area (Å²) in [7, 11) is 1.62. The van der Waals surface area contributed by atoms with Gasteiger partial charge in [0, 0.05) is 30.7 Å². The van der Waals surface area contributed by atoms with Gasteiger partial charge in [-0.1, -0.05) is 6.07 Å². The second kappa shape index (κ2) is 5.27. The summed E-state index contributed by atoms with van der Waals surface area (Å²) in [5.41, 5.74) is 1.04. The predicted molar refractivity (Wildman–Crippen MR) is 59.9 cm³/mol. The van der Waals surface area contributed by atoms with E-state index in [-0.39, 0.29) is 0 Å². The highest BCUT2D eigenvalue weighted by molar-refractivity contribution is 5.24. The minimum absolute atomic E-state index is 0.662. The van der Waals surface area contributed by atoms with E-state index in [4.69, 9.17) is 4.74 Å².